The van der Waals surface area contributed by atoms with Crippen LogP contribution < -0.4 is 33.2 Å². The van der Waals surface area contributed by atoms with Gasteiger partial charge >= 0.3 is 5.97 Å². The molecule has 32 heavy (non-hydrogen) atoms. The number of nitrogens with two attached hydrogens (primary N) is 3. The van der Waals surface area contributed by atoms with Gasteiger partial charge in [-0.3, -0.25) is 19.2 Å². The van der Waals surface area contributed by atoms with Crippen molar-refractivity contribution in [2.75, 3.05) is 12.3 Å². The summed E-state index contributed by atoms with van der Waals surface area (Å²) in [7, 11) is 0. The lowest BCUT2D eigenvalue weighted by atomic mass is 10.0. The first-order valence-corrected chi connectivity index (χ1v) is 11.0. The fraction of sp³-hybridized carbons (Fsp3) is 0.737. The van der Waals surface area contributed by atoms with Gasteiger partial charge in [0.1, 0.15) is 18.1 Å². The average Bonchev–Trinajstić information content (AvgIpc) is 2.69. The molecule has 0 saturated heterocycles. The Kier molecular flexibility index (Phi) is 14.3. The Morgan fingerprint density at radius 3 is 1.91 bits per heavy atom. The summed E-state index contributed by atoms with van der Waals surface area (Å²) in [5.74, 6) is -4.18. The van der Waals surface area contributed by atoms with E-state index in [9.17, 15) is 29.1 Å². The monoisotopic (exact) mass is 476 g/mol. The zero-order chi connectivity index (χ0) is 24.8. The van der Waals surface area contributed by atoms with Gasteiger partial charge in [0.15, 0.2) is 0 Å². The maximum Gasteiger partial charge on any atom is 0.326 e. The number of carbonyl (C=O) groups excluding carboxylic acids is 4. The van der Waals surface area contributed by atoms with Crippen LogP contribution in [-0.4, -0.2) is 71.2 Å². The Labute approximate surface area is 193 Å². The van der Waals surface area contributed by atoms with Crippen LogP contribution in [0.3, 0.4) is 0 Å². The van der Waals surface area contributed by atoms with Crippen molar-refractivity contribution in [1.29, 1.82) is 0 Å². The molecule has 0 aliphatic heterocycles. The Hall–Kier alpha value is -2.38. The predicted molar refractivity (Wildman–Crippen MR) is 121 cm³/mol. The van der Waals surface area contributed by atoms with Crippen molar-refractivity contribution in [2.24, 2.45) is 23.1 Å². The smallest absolute Gasteiger partial charge is 0.326 e. The minimum atomic E-state index is -1.23. The van der Waals surface area contributed by atoms with E-state index in [1.165, 1.54) is 0 Å². The molecule has 0 bridgehead atoms. The van der Waals surface area contributed by atoms with Crippen LogP contribution in [0.2, 0.25) is 0 Å². The maximum absolute atomic E-state index is 12.7. The summed E-state index contributed by atoms with van der Waals surface area (Å²) in [4.78, 5) is 59.9. The first-order chi connectivity index (χ1) is 14.9. The van der Waals surface area contributed by atoms with E-state index >= 15 is 0 Å². The molecule has 0 heterocycles. The molecule has 0 aliphatic carbocycles. The topological polar surface area (TPSA) is 220 Å². The molecule has 4 atom stereocenters. The molecule has 0 aliphatic rings. The quantitative estimate of drug-likeness (QED) is 0.0902. The lowest BCUT2D eigenvalue weighted by Crippen LogP contribution is -2.58. The van der Waals surface area contributed by atoms with Gasteiger partial charge in [0.2, 0.25) is 23.6 Å². The van der Waals surface area contributed by atoms with Crippen LogP contribution in [0, 0.1) is 5.92 Å². The third-order valence-corrected chi connectivity index (χ3v) is 4.84. The van der Waals surface area contributed by atoms with E-state index in [0.717, 1.165) is 0 Å². The standard InChI is InChI=1S/C19H36N6O6S/c1-10(2)7-13(17(28)23-12(19(30)31)5-3-4-6-20)24-18(29)14(9-32)25-16(27)11(21)8-15(22)26/h10-14,32H,3-9,20-21H2,1-2H3,(H2,22,26)(H,23,28)(H,24,29)(H,25,27)(H,30,31). The molecule has 0 spiro atoms. The van der Waals surface area contributed by atoms with E-state index in [1.54, 1.807) is 0 Å². The molecule has 4 amide bonds. The zero-order valence-corrected chi connectivity index (χ0v) is 19.4. The molecule has 12 nitrogen and oxygen atoms in total. The first-order valence-electron chi connectivity index (χ1n) is 10.4. The highest BCUT2D eigenvalue weighted by Crippen LogP contribution is 2.08. The van der Waals surface area contributed by atoms with Crippen molar-refractivity contribution in [2.45, 2.75) is 70.1 Å². The number of amides is 4. The number of thiol groups is 1. The second kappa shape index (κ2) is 15.4. The van der Waals surface area contributed by atoms with Crippen LogP contribution in [0.4, 0.5) is 0 Å². The number of rotatable bonds is 16. The molecule has 0 aromatic heterocycles. The van der Waals surface area contributed by atoms with Crippen LogP contribution in [0.15, 0.2) is 0 Å². The molecule has 0 rings (SSSR count). The van der Waals surface area contributed by atoms with Crippen molar-refractivity contribution in [3.8, 4) is 0 Å². The number of hydrogen-bond donors (Lipinski definition) is 8. The number of nitrogens with one attached hydrogen (secondary N) is 3. The predicted octanol–water partition coefficient (Wildman–Crippen LogP) is -2.17. The van der Waals surface area contributed by atoms with Gasteiger partial charge in [-0.25, -0.2) is 4.79 Å². The lowest BCUT2D eigenvalue weighted by Gasteiger charge is -2.25. The summed E-state index contributed by atoms with van der Waals surface area (Å²) in [6.07, 6.45) is 1.18. The third kappa shape index (κ3) is 11.9. The van der Waals surface area contributed by atoms with Crippen molar-refractivity contribution in [3.63, 3.8) is 0 Å². The maximum atomic E-state index is 12.7. The van der Waals surface area contributed by atoms with Crippen molar-refractivity contribution in [1.82, 2.24) is 16.0 Å². The summed E-state index contributed by atoms with van der Waals surface area (Å²) in [5.41, 5.74) is 16.0. The van der Waals surface area contributed by atoms with Crippen molar-refractivity contribution >= 4 is 42.2 Å². The van der Waals surface area contributed by atoms with E-state index in [2.05, 4.69) is 28.6 Å². The van der Waals surface area contributed by atoms with Gasteiger partial charge in [-0.1, -0.05) is 13.8 Å². The van der Waals surface area contributed by atoms with E-state index < -0.39 is 60.2 Å². The molecule has 13 heteroatoms. The van der Waals surface area contributed by atoms with E-state index in [4.69, 9.17) is 17.2 Å². The SMILES string of the molecule is CC(C)CC(NC(=O)C(CS)NC(=O)C(N)CC(N)=O)C(=O)NC(CCCCN)C(=O)O. The zero-order valence-electron chi connectivity index (χ0n) is 18.5. The van der Waals surface area contributed by atoms with Crippen LogP contribution in [0.5, 0.6) is 0 Å². The molecule has 0 aromatic rings. The van der Waals surface area contributed by atoms with Gasteiger partial charge in [-0.05, 0) is 38.1 Å². The van der Waals surface area contributed by atoms with Gasteiger partial charge in [0.05, 0.1) is 12.5 Å². The van der Waals surface area contributed by atoms with E-state index in [-0.39, 0.29) is 24.5 Å². The fourth-order valence-corrected chi connectivity index (χ4v) is 3.04. The number of primary amides is 1. The molecule has 0 aromatic carbocycles. The van der Waals surface area contributed by atoms with E-state index in [0.29, 0.717) is 19.4 Å². The number of carboxylic acids is 1. The highest BCUT2D eigenvalue weighted by atomic mass is 32.1. The molecule has 4 unspecified atom stereocenters. The van der Waals surface area contributed by atoms with Crippen molar-refractivity contribution < 1.29 is 29.1 Å². The molecule has 184 valence electrons. The molecule has 0 saturated carbocycles. The minimum Gasteiger partial charge on any atom is -0.480 e. The third-order valence-electron chi connectivity index (χ3n) is 4.48. The summed E-state index contributed by atoms with van der Waals surface area (Å²) < 4.78 is 0. The highest BCUT2D eigenvalue weighted by molar-refractivity contribution is 7.80. The Bertz CT molecular complexity index is 662. The van der Waals surface area contributed by atoms with Crippen LogP contribution >= 0.6 is 12.6 Å². The van der Waals surface area contributed by atoms with Gasteiger partial charge < -0.3 is 38.3 Å². The fourth-order valence-electron chi connectivity index (χ4n) is 2.78. The number of hydrogen-bond acceptors (Lipinski definition) is 8. The Morgan fingerprint density at radius 1 is 0.906 bits per heavy atom. The normalized spacial score (nSPS) is 14.7. The number of aliphatic carboxylic acids is 1. The van der Waals surface area contributed by atoms with E-state index in [1.807, 2.05) is 13.8 Å². The van der Waals surface area contributed by atoms with Crippen LogP contribution in [0.25, 0.3) is 0 Å². The molecule has 0 radical (unpaired) electrons. The van der Waals surface area contributed by atoms with Gasteiger partial charge in [-0.2, -0.15) is 12.6 Å². The van der Waals surface area contributed by atoms with Crippen LogP contribution in [-0.2, 0) is 24.0 Å². The average molecular weight is 477 g/mol. The first kappa shape index (κ1) is 29.6. The summed E-state index contributed by atoms with van der Waals surface area (Å²) in [6, 6.07) is -4.51. The Balaban J connectivity index is 5.22. The molecular formula is C19H36N6O6S. The lowest BCUT2D eigenvalue weighted by molar-refractivity contribution is -0.142. The van der Waals surface area contributed by atoms with Crippen molar-refractivity contribution in [3.05, 3.63) is 0 Å². The summed E-state index contributed by atoms with van der Waals surface area (Å²) in [6.45, 7) is 4.08. The number of carbonyl (C=O) groups is 5. The minimum absolute atomic E-state index is 0.000371. The second-order valence-corrected chi connectivity index (χ2v) is 8.26. The second-order valence-electron chi connectivity index (χ2n) is 7.90. The number of unbranched alkanes of at least 4 members (excludes halogenated alkanes) is 1. The van der Waals surface area contributed by atoms with Gasteiger partial charge in [0.25, 0.3) is 0 Å². The highest BCUT2D eigenvalue weighted by Gasteiger charge is 2.30. The van der Waals surface area contributed by atoms with Gasteiger partial charge in [-0.15, -0.1) is 0 Å². The van der Waals surface area contributed by atoms with Gasteiger partial charge in [0, 0.05) is 5.75 Å². The Morgan fingerprint density at radius 2 is 1.44 bits per heavy atom. The van der Waals surface area contributed by atoms with Crippen LogP contribution in [0.1, 0.15) is 46.0 Å². The number of carboxylic acid groups (broad SMARTS) is 1. The molecular weight excluding hydrogens is 440 g/mol. The largest absolute Gasteiger partial charge is 0.480 e. The summed E-state index contributed by atoms with van der Waals surface area (Å²) >= 11 is 4.05. The molecule has 0 fully saturated rings. The molecule has 10 N–H and O–H groups in total. The summed E-state index contributed by atoms with van der Waals surface area (Å²) in [5, 5.41) is 16.7.